The number of carbonyl (C=O) groups excluding carboxylic acids is 1. The lowest BCUT2D eigenvalue weighted by Gasteiger charge is -2.27. The van der Waals surface area contributed by atoms with Crippen molar-refractivity contribution in [1.29, 1.82) is 0 Å². The van der Waals surface area contributed by atoms with Crippen LogP contribution in [0.4, 0.5) is 8.78 Å². The molecule has 1 aliphatic heterocycles. The molecule has 1 heterocycles. The Morgan fingerprint density at radius 1 is 1.15 bits per heavy atom. The number of rotatable bonds is 4. The number of ether oxygens (including phenoxy) is 1. The van der Waals surface area contributed by atoms with Gasteiger partial charge in [-0.3, -0.25) is 4.79 Å². The Hall–Kier alpha value is -2.47. The molecule has 1 saturated heterocycles. The molecular weight excluding hydrogens is 352 g/mol. The van der Waals surface area contributed by atoms with E-state index in [0.29, 0.717) is 49.2 Å². The van der Waals surface area contributed by atoms with Crippen LogP contribution in [0.25, 0.3) is 0 Å². The minimum Gasteiger partial charge on any atom is -0.491 e. The number of aliphatic hydroxyl groups is 1. The molecule has 1 atom stereocenters. The van der Waals surface area contributed by atoms with E-state index in [2.05, 4.69) is 0 Å². The first-order valence-corrected chi connectivity index (χ1v) is 9.02. The molecule has 0 radical (unpaired) electrons. The second-order valence-corrected chi connectivity index (χ2v) is 7.08. The van der Waals surface area contributed by atoms with Crippen LogP contribution in [-0.4, -0.2) is 41.2 Å². The number of halogens is 2. The smallest absolute Gasteiger partial charge is 0.253 e. The summed E-state index contributed by atoms with van der Waals surface area (Å²) in [6.07, 6.45) is 1.46. The fraction of sp³-hybridized carbons (Fsp3) is 0.381. The van der Waals surface area contributed by atoms with Crippen molar-refractivity contribution in [3.8, 4) is 5.75 Å². The zero-order chi connectivity index (χ0) is 19.4. The Morgan fingerprint density at radius 3 is 2.59 bits per heavy atom. The largest absolute Gasteiger partial charge is 0.491 e. The van der Waals surface area contributed by atoms with Crippen molar-refractivity contribution in [2.24, 2.45) is 0 Å². The Bertz CT molecular complexity index is 810. The Kier molecular flexibility index (Phi) is 5.75. The van der Waals surface area contributed by atoms with E-state index in [0.717, 1.165) is 0 Å². The summed E-state index contributed by atoms with van der Waals surface area (Å²) in [7, 11) is 0. The highest BCUT2D eigenvalue weighted by Crippen LogP contribution is 2.25. The molecule has 0 aliphatic carbocycles. The molecule has 1 amide bonds. The highest BCUT2D eigenvalue weighted by molar-refractivity contribution is 5.94. The molecule has 0 spiro atoms. The third kappa shape index (κ3) is 4.83. The zero-order valence-electron chi connectivity index (χ0n) is 15.3. The average molecular weight is 375 g/mol. The number of likely N-dealkylation sites (tertiary alicyclic amines) is 1. The number of aryl methyl sites for hydroxylation is 1. The maximum Gasteiger partial charge on any atom is 0.253 e. The monoisotopic (exact) mass is 375 g/mol. The van der Waals surface area contributed by atoms with Crippen molar-refractivity contribution in [1.82, 2.24) is 4.90 Å². The fourth-order valence-corrected chi connectivity index (χ4v) is 3.18. The quantitative estimate of drug-likeness (QED) is 0.886. The first kappa shape index (κ1) is 19.3. The lowest BCUT2D eigenvalue weighted by molar-refractivity contribution is -0.0163. The lowest BCUT2D eigenvalue weighted by atomic mass is 9.96. The number of amides is 1. The van der Waals surface area contributed by atoms with Gasteiger partial charge in [-0.05, 0) is 68.1 Å². The van der Waals surface area contributed by atoms with Gasteiger partial charge in [0.15, 0.2) is 0 Å². The van der Waals surface area contributed by atoms with Crippen LogP contribution in [0.2, 0.25) is 0 Å². The summed E-state index contributed by atoms with van der Waals surface area (Å²) in [6.45, 7) is 2.57. The van der Waals surface area contributed by atoms with E-state index in [1.54, 1.807) is 24.0 Å². The highest BCUT2D eigenvalue weighted by Gasteiger charge is 2.32. The van der Waals surface area contributed by atoms with Crippen LogP contribution >= 0.6 is 0 Å². The van der Waals surface area contributed by atoms with Crippen molar-refractivity contribution >= 4 is 5.91 Å². The van der Waals surface area contributed by atoms with Gasteiger partial charge in [0.05, 0.1) is 0 Å². The second kappa shape index (κ2) is 8.05. The first-order valence-electron chi connectivity index (χ1n) is 9.02. The molecule has 0 aromatic heterocycles. The second-order valence-electron chi connectivity index (χ2n) is 7.08. The predicted molar refractivity (Wildman–Crippen MR) is 97.7 cm³/mol. The van der Waals surface area contributed by atoms with Crippen molar-refractivity contribution in [3.05, 3.63) is 65.2 Å². The van der Waals surface area contributed by atoms with Gasteiger partial charge in [-0.15, -0.1) is 0 Å². The standard InChI is InChI=1S/C21H23F2NO3/c1-15-3-4-16(13-19(15)23)20(25)24-11-2-9-21(26,10-12-24)14-27-18-7-5-17(22)6-8-18/h3-8,13,26H,2,9-12,14H2,1H3. The molecule has 1 N–H and O–H groups in total. The molecule has 0 bridgehead atoms. The highest BCUT2D eigenvalue weighted by atomic mass is 19.1. The molecule has 1 fully saturated rings. The third-order valence-electron chi connectivity index (χ3n) is 4.94. The summed E-state index contributed by atoms with van der Waals surface area (Å²) in [4.78, 5) is 14.3. The van der Waals surface area contributed by atoms with E-state index in [9.17, 15) is 18.7 Å². The maximum absolute atomic E-state index is 13.7. The molecule has 1 unspecified atom stereocenters. The summed E-state index contributed by atoms with van der Waals surface area (Å²) in [5.74, 6) is -0.508. The third-order valence-corrected chi connectivity index (χ3v) is 4.94. The van der Waals surface area contributed by atoms with Crippen LogP contribution < -0.4 is 4.74 Å². The van der Waals surface area contributed by atoms with Crippen LogP contribution in [0.3, 0.4) is 0 Å². The summed E-state index contributed by atoms with van der Waals surface area (Å²) < 4.78 is 32.3. The van der Waals surface area contributed by atoms with Crippen molar-refractivity contribution < 1.29 is 23.4 Å². The van der Waals surface area contributed by atoms with Gasteiger partial charge < -0.3 is 14.7 Å². The molecule has 144 valence electrons. The number of benzene rings is 2. The molecule has 0 saturated carbocycles. The summed E-state index contributed by atoms with van der Waals surface area (Å²) in [5.41, 5.74) is -0.261. The van der Waals surface area contributed by atoms with Crippen LogP contribution in [0.5, 0.6) is 5.75 Å². The Morgan fingerprint density at radius 2 is 1.89 bits per heavy atom. The molecule has 2 aromatic carbocycles. The van der Waals surface area contributed by atoms with Crippen LogP contribution in [0, 0.1) is 18.6 Å². The molecule has 27 heavy (non-hydrogen) atoms. The predicted octanol–water partition coefficient (Wildman–Crippen LogP) is 3.71. The molecule has 4 nitrogen and oxygen atoms in total. The van der Waals surface area contributed by atoms with E-state index in [1.165, 1.54) is 30.3 Å². The van der Waals surface area contributed by atoms with E-state index in [1.807, 2.05) is 0 Å². The zero-order valence-corrected chi connectivity index (χ0v) is 15.3. The van der Waals surface area contributed by atoms with Gasteiger partial charge in [-0.2, -0.15) is 0 Å². The van der Waals surface area contributed by atoms with Crippen LogP contribution in [0.1, 0.15) is 35.2 Å². The van der Waals surface area contributed by atoms with Crippen molar-refractivity contribution in [2.45, 2.75) is 31.8 Å². The number of hydrogen-bond donors (Lipinski definition) is 1. The van der Waals surface area contributed by atoms with Crippen LogP contribution in [-0.2, 0) is 0 Å². The Balaban J connectivity index is 1.61. The van der Waals surface area contributed by atoms with E-state index >= 15 is 0 Å². The lowest BCUT2D eigenvalue weighted by Crippen LogP contribution is -2.38. The topological polar surface area (TPSA) is 49.8 Å². The summed E-state index contributed by atoms with van der Waals surface area (Å²) in [5, 5.41) is 10.8. The number of hydrogen-bond acceptors (Lipinski definition) is 3. The summed E-state index contributed by atoms with van der Waals surface area (Å²) in [6, 6.07) is 10.1. The van der Waals surface area contributed by atoms with Gasteiger partial charge in [0.1, 0.15) is 29.6 Å². The van der Waals surface area contributed by atoms with Crippen molar-refractivity contribution in [3.63, 3.8) is 0 Å². The van der Waals surface area contributed by atoms with E-state index in [-0.39, 0.29) is 18.3 Å². The molecule has 1 aliphatic rings. The molecular formula is C21H23F2NO3. The van der Waals surface area contributed by atoms with Gasteiger partial charge in [0.25, 0.3) is 5.91 Å². The molecule has 6 heteroatoms. The maximum atomic E-state index is 13.7. The molecule has 2 aromatic rings. The van der Waals surface area contributed by atoms with Gasteiger partial charge in [0, 0.05) is 18.7 Å². The minimum absolute atomic E-state index is 0.0693. The van der Waals surface area contributed by atoms with Gasteiger partial charge in [0.2, 0.25) is 0 Å². The Labute approximate surface area is 157 Å². The average Bonchev–Trinajstić information content (AvgIpc) is 2.85. The summed E-state index contributed by atoms with van der Waals surface area (Å²) >= 11 is 0. The van der Waals surface area contributed by atoms with E-state index < -0.39 is 11.4 Å². The normalized spacial score (nSPS) is 20.2. The first-order chi connectivity index (χ1) is 12.9. The van der Waals surface area contributed by atoms with E-state index in [4.69, 9.17) is 4.74 Å². The van der Waals surface area contributed by atoms with Gasteiger partial charge in [-0.1, -0.05) is 6.07 Å². The number of nitrogens with zero attached hydrogens (tertiary/aromatic N) is 1. The van der Waals surface area contributed by atoms with Crippen molar-refractivity contribution in [2.75, 3.05) is 19.7 Å². The molecule has 3 rings (SSSR count). The SMILES string of the molecule is Cc1ccc(C(=O)N2CCCC(O)(COc3ccc(F)cc3)CC2)cc1F. The van der Waals surface area contributed by atoms with Crippen LogP contribution in [0.15, 0.2) is 42.5 Å². The van der Waals surface area contributed by atoms with Gasteiger partial charge >= 0.3 is 0 Å². The van der Waals surface area contributed by atoms with Gasteiger partial charge in [-0.25, -0.2) is 8.78 Å². The number of carbonyl (C=O) groups is 1. The minimum atomic E-state index is -1.07. The fourth-order valence-electron chi connectivity index (χ4n) is 3.18.